The van der Waals surface area contributed by atoms with Gasteiger partial charge >= 0.3 is 0 Å². The fraction of sp³-hybridized carbons (Fsp3) is 0.471. The molecule has 2 atom stereocenters. The predicted octanol–water partition coefficient (Wildman–Crippen LogP) is 0.952. The summed E-state index contributed by atoms with van der Waals surface area (Å²) >= 11 is 0. The molecule has 0 bridgehead atoms. The first-order valence-electron chi connectivity index (χ1n) is 8.60. The van der Waals surface area contributed by atoms with Crippen LogP contribution in [0.25, 0.3) is 0 Å². The van der Waals surface area contributed by atoms with Gasteiger partial charge in [-0.15, -0.1) is 0 Å². The number of nitrogens with zero attached hydrogens (tertiary/aromatic N) is 4. The number of hydrogen-bond acceptors (Lipinski definition) is 6. The number of rotatable bonds is 4. The lowest BCUT2D eigenvalue weighted by Gasteiger charge is -2.37. The Labute approximate surface area is 156 Å². The van der Waals surface area contributed by atoms with E-state index in [9.17, 15) is 17.2 Å². The molecule has 2 saturated heterocycles. The Kier molecular flexibility index (Phi) is 4.65. The lowest BCUT2D eigenvalue weighted by atomic mass is 10.2. The summed E-state index contributed by atoms with van der Waals surface area (Å²) in [5.41, 5.74) is 0.512. The van der Waals surface area contributed by atoms with Gasteiger partial charge in [0.1, 0.15) is 12.8 Å². The minimum Gasteiger partial charge on any atom is -0.473 e. The average Bonchev–Trinajstić information content (AvgIpc) is 2.99. The Morgan fingerprint density at radius 2 is 2.04 bits per heavy atom. The largest absolute Gasteiger partial charge is 0.473 e. The molecule has 0 aliphatic carbocycles. The van der Waals surface area contributed by atoms with Gasteiger partial charge in [-0.25, -0.2) is 22.2 Å². The predicted molar refractivity (Wildman–Crippen MR) is 95.1 cm³/mol. The van der Waals surface area contributed by atoms with Crippen LogP contribution in [-0.2, 0) is 21.4 Å². The maximum Gasteiger partial charge on any atom is 0.214 e. The summed E-state index contributed by atoms with van der Waals surface area (Å²) in [6.07, 6.45) is 4.75. The molecule has 10 heteroatoms. The van der Waals surface area contributed by atoms with Crippen LogP contribution in [0.1, 0.15) is 5.56 Å². The summed E-state index contributed by atoms with van der Waals surface area (Å²) in [7, 11) is -3.20. The number of fused-ring (bicyclic) bond motifs is 3. The van der Waals surface area contributed by atoms with Crippen molar-refractivity contribution in [2.24, 2.45) is 4.99 Å². The molecule has 3 heterocycles. The molecule has 2 fully saturated rings. The minimum absolute atomic E-state index is 0.0471. The number of hydrogen-bond donors (Lipinski definition) is 0. The summed E-state index contributed by atoms with van der Waals surface area (Å²) in [4.78, 5) is 8.54. The highest BCUT2D eigenvalue weighted by Crippen LogP contribution is 2.28. The van der Waals surface area contributed by atoms with Crippen molar-refractivity contribution in [2.45, 2.75) is 18.8 Å². The van der Waals surface area contributed by atoms with Crippen LogP contribution in [0.2, 0.25) is 0 Å². The van der Waals surface area contributed by atoms with Crippen molar-refractivity contribution in [3.63, 3.8) is 0 Å². The Morgan fingerprint density at radius 1 is 1.22 bits per heavy atom. The summed E-state index contributed by atoms with van der Waals surface area (Å²) in [5, 5.41) is 0. The maximum absolute atomic E-state index is 13.3. The van der Waals surface area contributed by atoms with Gasteiger partial charge in [0.15, 0.2) is 11.6 Å². The van der Waals surface area contributed by atoms with E-state index in [1.54, 1.807) is 6.34 Å². The minimum atomic E-state index is -3.20. The molecule has 0 spiro atoms. The standard InChI is InChI=1S/C17H20F2N4O3S/c1-27(24,25)22-4-5-23-13(9-22)8-21-11-20-16(7-17(21)23)26-10-12-2-3-14(18)15(19)6-12/h2-3,6-7,11,13,17H,4-5,8-10H2,1H3. The van der Waals surface area contributed by atoms with Gasteiger partial charge < -0.3 is 9.64 Å². The quantitative estimate of drug-likeness (QED) is 0.756. The molecule has 3 aliphatic rings. The van der Waals surface area contributed by atoms with Crippen LogP contribution in [0.15, 0.2) is 35.2 Å². The maximum atomic E-state index is 13.3. The number of aliphatic imine (C=N–C) groups is 1. The van der Waals surface area contributed by atoms with Crippen molar-refractivity contribution >= 4 is 16.4 Å². The van der Waals surface area contributed by atoms with Crippen molar-refractivity contribution in [1.29, 1.82) is 0 Å². The molecule has 0 radical (unpaired) electrons. The van der Waals surface area contributed by atoms with E-state index in [4.69, 9.17) is 4.74 Å². The second kappa shape index (κ2) is 6.84. The van der Waals surface area contributed by atoms with Gasteiger partial charge in [0.2, 0.25) is 15.9 Å². The Balaban J connectivity index is 1.42. The number of piperazine rings is 1. The Bertz CT molecular complexity index is 905. The highest BCUT2D eigenvalue weighted by molar-refractivity contribution is 7.88. The third-order valence-corrected chi connectivity index (χ3v) is 6.33. The zero-order chi connectivity index (χ0) is 19.2. The van der Waals surface area contributed by atoms with Gasteiger partial charge in [-0.3, -0.25) is 4.90 Å². The van der Waals surface area contributed by atoms with Crippen LogP contribution in [0.4, 0.5) is 8.78 Å². The van der Waals surface area contributed by atoms with Crippen LogP contribution in [0.3, 0.4) is 0 Å². The zero-order valence-corrected chi connectivity index (χ0v) is 15.6. The lowest BCUT2D eigenvalue weighted by Crippen LogP contribution is -2.54. The van der Waals surface area contributed by atoms with Crippen molar-refractivity contribution in [2.75, 3.05) is 32.4 Å². The average molecular weight is 398 g/mol. The van der Waals surface area contributed by atoms with Crippen molar-refractivity contribution in [1.82, 2.24) is 14.1 Å². The van der Waals surface area contributed by atoms with E-state index in [0.29, 0.717) is 37.6 Å². The lowest BCUT2D eigenvalue weighted by molar-refractivity contribution is 0.120. The van der Waals surface area contributed by atoms with Gasteiger partial charge in [-0.2, -0.15) is 4.31 Å². The molecule has 3 aliphatic heterocycles. The monoisotopic (exact) mass is 398 g/mol. The van der Waals surface area contributed by atoms with Gasteiger partial charge in [-0.1, -0.05) is 6.07 Å². The molecule has 4 rings (SSSR count). The summed E-state index contributed by atoms with van der Waals surface area (Å²) < 4.78 is 57.0. The molecule has 0 N–H and O–H groups in total. The molecule has 0 amide bonds. The molecular formula is C17H20F2N4O3S. The molecule has 1 aromatic carbocycles. The second-order valence-corrected chi connectivity index (χ2v) is 8.89. The van der Waals surface area contributed by atoms with Crippen molar-refractivity contribution in [3.8, 4) is 0 Å². The van der Waals surface area contributed by atoms with Gasteiger partial charge in [0, 0.05) is 38.3 Å². The SMILES string of the molecule is CS(=O)(=O)N1CCN2C(CN3C=NC(OCc4ccc(F)c(F)c4)=CC32)C1. The molecule has 7 nitrogen and oxygen atoms in total. The molecule has 2 unspecified atom stereocenters. The molecule has 0 aromatic heterocycles. The fourth-order valence-corrected chi connectivity index (χ4v) is 4.53. The Hall–Kier alpha value is -2.04. The van der Waals surface area contributed by atoms with E-state index in [2.05, 4.69) is 9.89 Å². The third-order valence-electron chi connectivity index (χ3n) is 5.06. The van der Waals surface area contributed by atoms with Crippen LogP contribution in [0.5, 0.6) is 0 Å². The van der Waals surface area contributed by atoms with E-state index in [-0.39, 0.29) is 18.8 Å². The molecule has 27 heavy (non-hydrogen) atoms. The van der Waals surface area contributed by atoms with E-state index >= 15 is 0 Å². The molecule has 146 valence electrons. The fourth-order valence-electron chi connectivity index (χ4n) is 3.68. The van der Waals surface area contributed by atoms with E-state index in [1.807, 2.05) is 11.0 Å². The number of benzene rings is 1. The summed E-state index contributed by atoms with van der Waals surface area (Å²) in [5.74, 6) is -1.40. The zero-order valence-electron chi connectivity index (χ0n) is 14.8. The van der Waals surface area contributed by atoms with Crippen LogP contribution in [-0.4, -0.2) is 73.5 Å². The summed E-state index contributed by atoms with van der Waals surface area (Å²) in [6, 6.07) is 3.72. The smallest absolute Gasteiger partial charge is 0.214 e. The van der Waals surface area contributed by atoms with Crippen LogP contribution < -0.4 is 0 Å². The van der Waals surface area contributed by atoms with Gasteiger partial charge in [0.25, 0.3) is 0 Å². The van der Waals surface area contributed by atoms with Gasteiger partial charge in [0.05, 0.1) is 12.6 Å². The summed E-state index contributed by atoms with van der Waals surface area (Å²) in [6.45, 7) is 2.31. The van der Waals surface area contributed by atoms with E-state index in [1.165, 1.54) is 16.6 Å². The van der Waals surface area contributed by atoms with E-state index < -0.39 is 21.7 Å². The van der Waals surface area contributed by atoms with Gasteiger partial charge in [-0.05, 0) is 17.7 Å². The molecule has 0 saturated carbocycles. The van der Waals surface area contributed by atoms with Crippen molar-refractivity contribution < 1.29 is 21.9 Å². The number of halogens is 2. The van der Waals surface area contributed by atoms with Crippen molar-refractivity contribution in [3.05, 3.63) is 47.4 Å². The topological polar surface area (TPSA) is 65.5 Å². The second-order valence-electron chi connectivity index (χ2n) is 6.91. The van der Waals surface area contributed by atoms with Crippen LogP contribution >= 0.6 is 0 Å². The molecular weight excluding hydrogens is 378 g/mol. The number of sulfonamides is 1. The first-order valence-corrected chi connectivity index (χ1v) is 10.5. The highest BCUT2D eigenvalue weighted by atomic mass is 32.2. The highest BCUT2D eigenvalue weighted by Gasteiger charge is 2.43. The van der Waals surface area contributed by atoms with Crippen LogP contribution in [0, 0.1) is 11.6 Å². The van der Waals surface area contributed by atoms with E-state index in [0.717, 1.165) is 12.1 Å². The molecule has 1 aromatic rings. The first kappa shape index (κ1) is 18.3. The number of ether oxygens (including phenoxy) is 1. The third kappa shape index (κ3) is 3.69. The Morgan fingerprint density at radius 3 is 2.78 bits per heavy atom. The first-order chi connectivity index (χ1) is 12.8. The normalized spacial score (nSPS) is 25.9.